The van der Waals surface area contributed by atoms with Crippen molar-refractivity contribution in [3.05, 3.63) is 40.4 Å². The molecule has 178 valence electrons. The molecular formula is C24H35N7O2. The van der Waals surface area contributed by atoms with Crippen LogP contribution in [-0.2, 0) is 0 Å². The normalized spacial score (nSPS) is 19.2. The van der Waals surface area contributed by atoms with Gasteiger partial charge in [-0.3, -0.25) is 9.98 Å². The molecule has 9 nitrogen and oxygen atoms in total. The summed E-state index contributed by atoms with van der Waals surface area (Å²) in [6, 6.07) is 6.27. The molecule has 33 heavy (non-hydrogen) atoms. The number of fused-ring (bicyclic) bond motifs is 2. The average Bonchev–Trinajstić information content (AvgIpc) is 2.79. The van der Waals surface area contributed by atoms with Gasteiger partial charge in [-0.05, 0) is 74.7 Å². The van der Waals surface area contributed by atoms with Crippen LogP contribution in [-0.4, -0.2) is 35.1 Å². The molecule has 0 spiro atoms. The molecule has 1 saturated carbocycles. The molecule has 9 heteroatoms. The molecule has 0 amide bonds. The summed E-state index contributed by atoms with van der Waals surface area (Å²) in [6.45, 7) is 6.89. The van der Waals surface area contributed by atoms with Gasteiger partial charge in [-0.1, -0.05) is 19.9 Å². The Balaban J connectivity index is 1.32. The third-order valence-corrected chi connectivity index (χ3v) is 6.55. The smallest absolute Gasteiger partial charge is 0.350 e. The maximum absolute atomic E-state index is 12.8. The van der Waals surface area contributed by atoms with Crippen molar-refractivity contribution < 1.29 is 4.74 Å². The highest BCUT2D eigenvalue weighted by atomic mass is 16.5. The lowest BCUT2D eigenvalue weighted by atomic mass is 9.86. The minimum absolute atomic E-state index is 0.0193. The van der Waals surface area contributed by atoms with Crippen LogP contribution in [0.15, 0.2) is 29.2 Å². The molecule has 1 aromatic heterocycles. The molecule has 2 heterocycles. The highest BCUT2D eigenvalue weighted by Gasteiger charge is 2.26. The fourth-order valence-corrected chi connectivity index (χ4v) is 4.59. The van der Waals surface area contributed by atoms with Gasteiger partial charge < -0.3 is 26.4 Å². The van der Waals surface area contributed by atoms with Crippen molar-refractivity contribution in [3.8, 4) is 11.5 Å². The summed E-state index contributed by atoms with van der Waals surface area (Å²) >= 11 is 0. The van der Waals surface area contributed by atoms with Crippen molar-refractivity contribution in [3.63, 3.8) is 0 Å². The maximum Gasteiger partial charge on any atom is 0.350 e. The van der Waals surface area contributed by atoms with E-state index in [4.69, 9.17) is 15.9 Å². The van der Waals surface area contributed by atoms with Crippen LogP contribution in [0.5, 0.6) is 11.5 Å². The van der Waals surface area contributed by atoms with Crippen LogP contribution in [0.25, 0.3) is 0 Å². The highest BCUT2D eigenvalue weighted by molar-refractivity contribution is 5.74. The van der Waals surface area contributed by atoms with Crippen LogP contribution >= 0.6 is 0 Å². The van der Waals surface area contributed by atoms with E-state index in [-0.39, 0.29) is 17.7 Å². The van der Waals surface area contributed by atoms with Crippen LogP contribution in [0.1, 0.15) is 63.5 Å². The number of anilines is 2. The molecular weight excluding hydrogens is 418 g/mol. The van der Waals surface area contributed by atoms with Gasteiger partial charge in [0.1, 0.15) is 0 Å². The SMILES string of the molecule is CC(C)c1ccc2c(c1)Nc1nc(=O)n(C3CCC(CNCCCNC(=N)N)CC3)cc1O2. The van der Waals surface area contributed by atoms with E-state index in [0.29, 0.717) is 29.9 Å². The molecule has 0 bridgehead atoms. The van der Waals surface area contributed by atoms with Gasteiger partial charge in [-0.2, -0.15) is 4.98 Å². The second-order valence-electron chi connectivity index (χ2n) is 9.35. The van der Waals surface area contributed by atoms with Crippen LogP contribution < -0.4 is 32.1 Å². The Labute approximate surface area is 194 Å². The van der Waals surface area contributed by atoms with E-state index < -0.39 is 0 Å². The van der Waals surface area contributed by atoms with Crippen molar-refractivity contribution >= 4 is 17.5 Å². The number of rotatable bonds is 8. The number of guanidine groups is 1. The van der Waals surface area contributed by atoms with Crippen LogP contribution in [0, 0.1) is 11.3 Å². The molecule has 0 unspecified atom stereocenters. The van der Waals surface area contributed by atoms with Gasteiger partial charge in [-0.25, -0.2) is 4.79 Å². The Morgan fingerprint density at radius 1 is 1.27 bits per heavy atom. The molecule has 1 aliphatic carbocycles. The first-order valence-corrected chi connectivity index (χ1v) is 11.9. The van der Waals surface area contributed by atoms with E-state index >= 15 is 0 Å². The van der Waals surface area contributed by atoms with Crippen LogP contribution in [0.4, 0.5) is 11.5 Å². The van der Waals surface area contributed by atoms with Gasteiger partial charge in [0.2, 0.25) is 0 Å². The van der Waals surface area contributed by atoms with Crippen LogP contribution in [0.2, 0.25) is 0 Å². The van der Waals surface area contributed by atoms with Crippen molar-refractivity contribution in [1.82, 2.24) is 20.2 Å². The molecule has 0 atom stereocenters. The van der Waals surface area contributed by atoms with Gasteiger partial charge >= 0.3 is 5.69 Å². The summed E-state index contributed by atoms with van der Waals surface area (Å²) in [5.41, 5.74) is 7.11. The van der Waals surface area contributed by atoms with Crippen molar-refractivity contribution in [2.75, 3.05) is 25.0 Å². The Kier molecular flexibility index (Phi) is 7.17. The summed E-state index contributed by atoms with van der Waals surface area (Å²) in [5.74, 6) is 2.89. The number of ether oxygens (including phenoxy) is 1. The maximum atomic E-state index is 12.8. The zero-order valence-corrected chi connectivity index (χ0v) is 19.5. The Hall–Kier alpha value is -3.07. The van der Waals surface area contributed by atoms with E-state index in [1.165, 1.54) is 5.56 Å². The molecule has 6 N–H and O–H groups in total. The number of hydrogen-bond donors (Lipinski definition) is 5. The molecule has 2 aromatic rings. The third-order valence-electron chi connectivity index (χ3n) is 6.55. The summed E-state index contributed by atoms with van der Waals surface area (Å²) in [6.07, 6.45) is 6.82. The van der Waals surface area contributed by atoms with Gasteiger partial charge in [-0.15, -0.1) is 0 Å². The lowest BCUT2D eigenvalue weighted by molar-refractivity contribution is 0.261. The fraction of sp³-hybridized carbons (Fsp3) is 0.542. The molecule has 1 aromatic carbocycles. The molecule has 0 radical (unpaired) electrons. The first kappa shape index (κ1) is 23.1. The Morgan fingerprint density at radius 3 is 2.79 bits per heavy atom. The predicted molar refractivity (Wildman–Crippen MR) is 131 cm³/mol. The lowest BCUT2D eigenvalue weighted by Crippen LogP contribution is -2.34. The van der Waals surface area contributed by atoms with E-state index in [1.807, 2.05) is 12.3 Å². The zero-order valence-electron chi connectivity index (χ0n) is 19.5. The lowest BCUT2D eigenvalue weighted by Gasteiger charge is -2.30. The fourth-order valence-electron chi connectivity index (χ4n) is 4.59. The second-order valence-corrected chi connectivity index (χ2v) is 9.35. The monoisotopic (exact) mass is 453 g/mol. The summed E-state index contributed by atoms with van der Waals surface area (Å²) in [7, 11) is 0. The minimum Gasteiger partial charge on any atom is -0.450 e. The largest absolute Gasteiger partial charge is 0.450 e. The average molecular weight is 454 g/mol. The van der Waals surface area contributed by atoms with E-state index in [9.17, 15) is 4.79 Å². The molecule has 1 fully saturated rings. The van der Waals surface area contributed by atoms with Crippen molar-refractivity contribution in [1.29, 1.82) is 5.41 Å². The quantitative estimate of drug-likeness (QED) is 0.201. The van der Waals surface area contributed by atoms with Crippen LogP contribution in [0.3, 0.4) is 0 Å². The Bertz CT molecular complexity index is 1040. The minimum atomic E-state index is -0.229. The Morgan fingerprint density at radius 2 is 2.06 bits per heavy atom. The van der Waals surface area contributed by atoms with Gasteiger partial charge in [0.05, 0.1) is 11.9 Å². The summed E-state index contributed by atoms with van der Waals surface area (Å²) in [4.78, 5) is 17.1. The van der Waals surface area contributed by atoms with E-state index in [1.54, 1.807) is 4.57 Å². The third kappa shape index (κ3) is 5.65. The summed E-state index contributed by atoms with van der Waals surface area (Å²) < 4.78 is 7.85. The number of nitrogens with one attached hydrogen (secondary N) is 4. The molecule has 2 aliphatic rings. The van der Waals surface area contributed by atoms with Gasteiger partial charge in [0.25, 0.3) is 0 Å². The molecule has 1 aliphatic heterocycles. The van der Waals surface area contributed by atoms with E-state index in [0.717, 1.165) is 56.6 Å². The van der Waals surface area contributed by atoms with Gasteiger partial charge in [0.15, 0.2) is 23.3 Å². The number of aromatic nitrogens is 2. The number of benzene rings is 1. The number of hydrogen-bond acceptors (Lipinski definition) is 6. The predicted octanol–water partition coefficient (Wildman–Crippen LogP) is 3.41. The number of nitrogens with zero attached hydrogens (tertiary/aromatic N) is 2. The highest BCUT2D eigenvalue weighted by Crippen LogP contribution is 2.42. The zero-order chi connectivity index (χ0) is 23.4. The van der Waals surface area contributed by atoms with Crippen molar-refractivity contribution in [2.45, 2.75) is 57.9 Å². The van der Waals surface area contributed by atoms with Gasteiger partial charge in [0, 0.05) is 12.6 Å². The topological polar surface area (TPSA) is 130 Å². The standard InChI is InChI=1S/C24H35N7O2/c1-15(2)17-6-9-20-19(12-17)29-22-21(33-20)14-31(24(32)30-22)18-7-4-16(5-8-18)13-27-10-3-11-28-23(25)26/h6,9,12,14-16,18,27H,3-5,7-8,10-11,13H2,1-2H3,(H4,25,26,28)(H,29,30,32). The first-order chi connectivity index (χ1) is 15.9. The molecule has 0 saturated heterocycles. The molecule has 4 rings (SSSR count). The second kappa shape index (κ2) is 10.2. The summed E-state index contributed by atoms with van der Waals surface area (Å²) in [5, 5.41) is 16.7. The number of nitrogens with two attached hydrogens (primary N) is 1. The van der Waals surface area contributed by atoms with E-state index in [2.05, 4.69) is 46.9 Å². The first-order valence-electron chi connectivity index (χ1n) is 11.9. The van der Waals surface area contributed by atoms with Crippen molar-refractivity contribution in [2.24, 2.45) is 11.7 Å².